The van der Waals surface area contributed by atoms with Gasteiger partial charge in [0.05, 0.1) is 12.1 Å². The summed E-state index contributed by atoms with van der Waals surface area (Å²) in [5.41, 5.74) is 1.86. The molecular formula is C16H16IN5O. The van der Waals surface area contributed by atoms with Crippen LogP contribution >= 0.6 is 22.6 Å². The second kappa shape index (κ2) is 5.63. The number of nitrogens with zero attached hydrogens (tertiary/aromatic N) is 5. The predicted octanol–water partition coefficient (Wildman–Crippen LogP) is 3.39. The second-order valence-electron chi connectivity index (χ2n) is 5.75. The number of ether oxygens (including phenoxy) is 1. The maximum Gasteiger partial charge on any atom is 0.178 e. The van der Waals surface area contributed by atoms with Gasteiger partial charge in [-0.1, -0.05) is 0 Å². The maximum atomic E-state index is 5.86. The van der Waals surface area contributed by atoms with Gasteiger partial charge < -0.3 is 9.30 Å². The molecule has 0 atom stereocenters. The van der Waals surface area contributed by atoms with Crippen LogP contribution in [-0.2, 0) is 6.54 Å². The molecule has 0 N–H and O–H groups in total. The molecule has 1 aliphatic rings. The molecule has 0 spiro atoms. The predicted molar refractivity (Wildman–Crippen MR) is 95.3 cm³/mol. The van der Waals surface area contributed by atoms with Crippen LogP contribution in [0.1, 0.15) is 19.9 Å². The normalized spacial score (nSPS) is 13.4. The first kappa shape index (κ1) is 14.7. The molecule has 7 heteroatoms. The highest BCUT2D eigenvalue weighted by Crippen LogP contribution is 2.34. The van der Waals surface area contributed by atoms with Crippen molar-refractivity contribution in [2.75, 3.05) is 6.61 Å². The van der Waals surface area contributed by atoms with Gasteiger partial charge in [-0.25, -0.2) is 14.6 Å². The zero-order chi connectivity index (χ0) is 16.0. The Balaban J connectivity index is 1.86. The van der Waals surface area contributed by atoms with Gasteiger partial charge >= 0.3 is 0 Å². The Kier molecular flexibility index (Phi) is 3.59. The molecule has 0 unspecified atom stereocenters. The SMILES string of the molecule is CC(C)n1ncnc1-c1cn2c(n1)-c1ccc(I)cc1OCC2. The van der Waals surface area contributed by atoms with Crippen LogP contribution in [0.15, 0.2) is 30.7 Å². The van der Waals surface area contributed by atoms with E-state index < -0.39 is 0 Å². The summed E-state index contributed by atoms with van der Waals surface area (Å²) in [6.07, 6.45) is 3.62. The molecule has 0 fully saturated rings. The molecule has 4 rings (SSSR count). The second-order valence-corrected chi connectivity index (χ2v) is 7.00. The van der Waals surface area contributed by atoms with Crippen molar-refractivity contribution in [3.8, 4) is 28.7 Å². The number of hydrogen-bond acceptors (Lipinski definition) is 4. The lowest BCUT2D eigenvalue weighted by Crippen LogP contribution is -2.06. The van der Waals surface area contributed by atoms with Crippen LogP contribution in [-0.4, -0.2) is 30.9 Å². The number of fused-ring (bicyclic) bond motifs is 3. The smallest absolute Gasteiger partial charge is 0.178 e. The van der Waals surface area contributed by atoms with Crippen LogP contribution in [0.2, 0.25) is 0 Å². The first-order valence-corrected chi connectivity index (χ1v) is 8.61. The van der Waals surface area contributed by atoms with Gasteiger partial charge in [0.15, 0.2) is 5.82 Å². The van der Waals surface area contributed by atoms with Crippen LogP contribution in [0.4, 0.5) is 0 Å². The number of aromatic nitrogens is 5. The summed E-state index contributed by atoms with van der Waals surface area (Å²) in [6.45, 7) is 5.57. The fraction of sp³-hybridized carbons (Fsp3) is 0.312. The van der Waals surface area contributed by atoms with E-state index in [1.54, 1.807) is 6.33 Å². The summed E-state index contributed by atoms with van der Waals surface area (Å²) in [5.74, 6) is 2.61. The fourth-order valence-corrected chi connectivity index (χ4v) is 3.24. The summed E-state index contributed by atoms with van der Waals surface area (Å²) >= 11 is 2.29. The van der Waals surface area contributed by atoms with Crippen molar-refractivity contribution in [1.82, 2.24) is 24.3 Å². The molecule has 6 nitrogen and oxygen atoms in total. The van der Waals surface area contributed by atoms with Crippen molar-refractivity contribution in [3.05, 3.63) is 34.3 Å². The molecule has 1 aliphatic heterocycles. The average Bonchev–Trinajstić information content (AvgIpc) is 3.11. The molecule has 23 heavy (non-hydrogen) atoms. The van der Waals surface area contributed by atoms with Crippen LogP contribution in [0, 0.1) is 3.57 Å². The highest BCUT2D eigenvalue weighted by Gasteiger charge is 2.21. The Bertz CT molecular complexity index is 867. The summed E-state index contributed by atoms with van der Waals surface area (Å²) in [7, 11) is 0. The van der Waals surface area contributed by atoms with Gasteiger partial charge in [0.1, 0.15) is 30.2 Å². The fourth-order valence-electron chi connectivity index (χ4n) is 2.77. The quantitative estimate of drug-likeness (QED) is 0.596. The highest BCUT2D eigenvalue weighted by molar-refractivity contribution is 14.1. The Morgan fingerprint density at radius 2 is 2.13 bits per heavy atom. The lowest BCUT2D eigenvalue weighted by atomic mass is 10.2. The minimum atomic E-state index is 0.242. The molecule has 0 radical (unpaired) electrons. The lowest BCUT2D eigenvalue weighted by Gasteiger charge is -2.08. The van der Waals surface area contributed by atoms with E-state index in [0.717, 1.165) is 38.8 Å². The van der Waals surface area contributed by atoms with Crippen molar-refractivity contribution in [2.24, 2.45) is 0 Å². The Labute approximate surface area is 147 Å². The highest BCUT2D eigenvalue weighted by atomic mass is 127. The topological polar surface area (TPSA) is 57.8 Å². The van der Waals surface area contributed by atoms with Gasteiger partial charge in [0, 0.05) is 15.8 Å². The monoisotopic (exact) mass is 421 g/mol. The summed E-state index contributed by atoms with van der Waals surface area (Å²) < 4.78 is 11.0. The Morgan fingerprint density at radius 1 is 1.26 bits per heavy atom. The van der Waals surface area contributed by atoms with E-state index in [9.17, 15) is 0 Å². The minimum absolute atomic E-state index is 0.242. The number of rotatable bonds is 2. The third-order valence-corrected chi connectivity index (χ3v) is 4.51. The average molecular weight is 421 g/mol. The van der Waals surface area contributed by atoms with E-state index in [-0.39, 0.29) is 6.04 Å². The Morgan fingerprint density at radius 3 is 2.96 bits per heavy atom. The standard InChI is InChI=1S/C16H16IN5O/c1-10(2)22-16(18-9-19-22)13-8-21-5-6-23-14-7-11(17)3-4-12(14)15(21)20-13/h3-4,7-10H,5-6H2,1-2H3. The van der Waals surface area contributed by atoms with E-state index in [0.29, 0.717) is 6.61 Å². The van der Waals surface area contributed by atoms with E-state index in [1.807, 2.05) is 10.9 Å². The summed E-state index contributed by atoms with van der Waals surface area (Å²) in [4.78, 5) is 9.21. The summed E-state index contributed by atoms with van der Waals surface area (Å²) in [5, 5.41) is 4.30. The van der Waals surface area contributed by atoms with Crippen molar-refractivity contribution in [2.45, 2.75) is 26.4 Å². The molecule has 0 bridgehead atoms. The maximum absolute atomic E-state index is 5.86. The van der Waals surface area contributed by atoms with Gasteiger partial charge in [-0.3, -0.25) is 0 Å². The molecular weight excluding hydrogens is 405 g/mol. The number of halogens is 1. The minimum Gasteiger partial charge on any atom is -0.491 e. The van der Waals surface area contributed by atoms with Gasteiger partial charge in [-0.05, 0) is 54.6 Å². The van der Waals surface area contributed by atoms with Gasteiger partial charge in [-0.2, -0.15) is 5.10 Å². The Hall–Kier alpha value is -1.90. The van der Waals surface area contributed by atoms with Crippen molar-refractivity contribution >= 4 is 22.6 Å². The lowest BCUT2D eigenvalue weighted by molar-refractivity contribution is 0.306. The van der Waals surface area contributed by atoms with E-state index in [4.69, 9.17) is 9.72 Å². The number of hydrogen-bond donors (Lipinski definition) is 0. The van der Waals surface area contributed by atoms with Crippen LogP contribution < -0.4 is 4.74 Å². The third kappa shape index (κ3) is 2.52. The number of imidazole rings is 1. The molecule has 118 valence electrons. The molecule has 3 aromatic rings. The van der Waals surface area contributed by atoms with Gasteiger partial charge in [0.25, 0.3) is 0 Å². The van der Waals surface area contributed by atoms with Crippen LogP contribution in [0.3, 0.4) is 0 Å². The summed E-state index contributed by atoms with van der Waals surface area (Å²) in [6, 6.07) is 6.43. The van der Waals surface area contributed by atoms with E-state index in [2.05, 4.69) is 69.3 Å². The van der Waals surface area contributed by atoms with Gasteiger partial charge in [-0.15, -0.1) is 0 Å². The van der Waals surface area contributed by atoms with Crippen LogP contribution in [0.5, 0.6) is 5.75 Å². The van der Waals surface area contributed by atoms with Crippen molar-refractivity contribution in [3.63, 3.8) is 0 Å². The van der Waals surface area contributed by atoms with E-state index >= 15 is 0 Å². The molecule has 2 aromatic heterocycles. The largest absolute Gasteiger partial charge is 0.491 e. The first-order valence-electron chi connectivity index (χ1n) is 7.53. The molecule has 1 aromatic carbocycles. The third-order valence-electron chi connectivity index (χ3n) is 3.84. The molecule has 0 aliphatic carbocycles. The first-order chi connectivity index (χ1) is 11.1. The zero-order valence-corrected chi connectivity index (χ0v) is 15.1. The molecule has 3 heterocycles. The van der Waals surface area contributed by atoms with Gasteiger partial charge in [0.2, 0.25) is 0 Å². The van der Waals surface area contributed by atoms with Crippen molar-refractivity contribution in [1.29, 1.82) is 0 Å². The van der Waals surface area contributed by atoms with Crippen molar-refractivity contribution < 1.29 is 4.74 Å². The molecule has 0 saturated carbocycles. The molecule has 0 saturated heterocycles. The number of benzene rings is 1. The molecule has 0 amide bonds. The zero-order valence-electron chi connectivity index (χ0n) is 12.9. The van der Waals surface area contributed by atoms with Crippen LogP contribution in [0.25, 0.3) is 22.9 Å². The van der Waals surface area contributed by atoms with E-state index in [1.165, 1.54) is 0 Å².